The molecule has 0 aliphatic carbocycles. The number of ether oxygens (including phenoxy) is 6. The Balaban J connectivity index is 1.41. The highest BCUT2D eigenvalue weighted by Crippen LogP contribution is 2.32. The molecule has 4 rings (SSSR count). The molecule has 10 N–H and O–H groups in total. The van der Waals surface area contributed by atoms with Crippen LogP contribution in [0.2, 0.25) is 0 Å². The van der Waals surface area contributed by atoms with Gasteiger partial charge in [-0.2, -0.15) is 0 Å². The summed E-state index contributed by atoms with van der Waals surface area (Å²) in [4.78, 5) is 0. The lowest BCUT2D eigenvalue weighted by atomic mass is 9.96. The first-order chi connectivity index (χ1) is 19.6. The van der Waals surface area contributed by atoms with Crippen molar-refractivity contribution in [1.82, 2.24) is 0 Å². The van der Waals surface area contributed by atoms with Gasteiger partial charge < -0.3 is 79.5 Å². The third kappa shape index (κ3) is 7.05. The maximum absolute atomic E-state index is 10.8. The van der Waals surface area contributed by atoms with Crippen LogP contribution >= 0.6 is 0 Å². The molecule has 0 radical (unpaired) electrons. The van der Waals surface area contributed by atoms with Crippen molar-refractivity contribution in [2.75, 3.05) is 19.8 Å². The summed E-state index contributed by atoms with van der Waals surface area (Å²) < 4.78 is 33.1. The summed E-state index contributed by atoms with van der Waals surface area (Å²) in [5.41, 5.74) is 0.764. The molecule has 16 nitrogen and oxygen atoms in total. The molecule has 0 aromatic heterocycles. The van der Waals surface area contributed by atoms with E-state index in [1.165, 1.54) is 0 Å². The quantitative estimate of drug-likeness (QED) is 0.121. The Morgan fingerprint density at radius 2 is 0.951 bits per heavy atom. The Morgan fingerprint density at radius 3 is 1.46 bits per heavy atom. The summed E-state index contributed by atoms with van der Waals surface area (Å²) in [6, 6.07) is 8.94. The van der Waals surface area contributed by atoms with Gasteiger partial charge in [0, 0.05) is 0 Å². The van der Waals surface area contributed by atoms with Gasteiger partial charge >= 0.3 is 0 Å². The molecular weight excluding hydrogens is 556 g/mol. The van der Waals surface area contributed by atoms with E-state index in [4.69, 9.17) is 28.4 Å². The van der Waals surface area contributed by atoms with Gasteiger partial charge in [0.2, 0.25) is 0 Å². The van der Waals surface area contributed by atoms with Gasteiger partial charge in [0.05, 0.1) is 26.4 Å². The Kier molecular flexibility index (Phi) is 11.4. The lowest BCUT2D eigenvalue weighted by Gasteiger charge is -2.48. The van der Waals surface area contributed by atoms with Crippen LogP contribution in [0.3, 0.4) is 0 Å². The van der Waals surface area contributed by atoms with E-state index in [1.54, 1.807) is 24.3 Å². The topological polar surface area (TPSA) is 258 Å². The summed E-state index contributed by atoms with van der Waals surface area (Å²) >= 11 is 0. The molecule has 234 valence electrons. The van der Waals surface area contributed by atoms with Crippen LogP contribution in [0, 0.1) is 0 Å². The van der Waals surface area contributed by atoms with Gasteiger partial charge in [0.1, 0.15) is 73.2 Å². The Labute approximate surface area is 234 Å². The third-order valence-electron chi connectivity index (χ3n) is 7.33. The largest absolute Gasteiger partial charge is 0.394 e. The van der Waals surface area contributed by atoms with Crippen molar-refractivity contribution in [3.05, 3.63) is 35.9 Å². The fourth-order valence-electron chi connectivity index (χ4n) is 4.93. The number of hydrogen-bond donors (Lipinski definition) is 10. The van der Waals surface area contributed by atoms with Crippen molar-refractivity contribution in [3.8, 4) is 0 Å². The molecule has 0 spiro atoms. The minimum atomic E-state index is -1.90. The first kappa shape index (κ1) is 32.5. The second kappa shape index (κ2) is 14.4. The van der Waals surface area contributed by atoms with E-state index in [2.05, 4.69) is 0 Å². The van der Waals surface area contributed by atoms with Crippen molar-refractivity contribution in [3.63, 3.8) is 0 Å². The summed E-state index contributed by atoms with van der Waals surface area (Å²) in [5, 5.41) is 102. The van der Waals surface area contributed by atoms with Crippen LogP contribution in [0.4, 0.5) is 0 Å². The van der Waals surface area contributed by atoms with Gasteiger partial charge in [-0.15, -0.1) is 0 Å². The molecule has 1 aromatic rings. The average molecular weight is 595 g/mol. The van der Waals surface area contributed by atoms with E-state index in [-0.39, 0.29) is 6.61 Å². The average Bonchev–Trinajstić information content (AvgIpc) is 2.99. The van der Waals surface area contributed by atoms with Crippen molar-refractivity contribution < 1.29 is 79.5 Å². The van der Waals surface area contributed by atoms with Gasteiger partial charge in [-0.3, -0.25) is 0 Å². The Morgan fingerprint density at radius 1 is 0.512 bits per heavy atom. The zero-order valence-corrected chi connectivity index (χ0v) is 21.8. The highest BCUT2D eigenvalue weighted by Gasteiger charge is 2.53. The number of rotatable bonds is 10. The van der Waals surface area contributed by atoms with Gasteiger partial charge in [-0.05, 0) is 5.56 Å². The molecule has 16 heteroatoms. The summed E-state index contributed by atoms with van der Waals surface area (Å²) in [6.45, 7) is -2.21. The van der Waals surface area contributed by atoms with Crippen LogP contribution < -0.4 is 0 Å². The number of aliphatic hydroxyl groups is 10. The molecule has 3 fully saturated rings. The zero-order valence-electron chi connectivity index (χ0n) is 21.8. The van der Waals surface area contributed by atoms with Crippen LogP contribution in [-0.2, 0) is 35.0 Å². The summed E-state index contributed by atoms with van der Waals surface area (Å²) in [5.74, 6) is 0. The van der Waals surface area contributed by atoms with Crippen LogP contribution in [0.5, 0.6) is 0 Å². The second-order valence-corrected chi connectivity index (χ2v) is 10.1. The second-order valence-electron chi connectivity index (χ2n) is 10.1. The van der Waals surface area contributed by atoms with Crippen molar-refractivity contribution in [2.45, 2.75) is 98.7 Å². The minimum absolute atomic E-state index is 0.0314. The van der Waals surface area contributed by atoms with Gasteiger partial charge in [0.15, 0.2) is 18.9 Å². The molecular formula is C25H38O16. The van der Waals surface area contributed by atoms with E-state index in [1.807, 2.05) is 6.07 Å². The molecule has 0 saturated carbocycles. The number of benzene rings is 1. The predicted octanol–water partition coefficient (Wildman–Crippen LogP) is -5.35. The lowest BCUT2D eigenvalue weighted by molar-refractivity contribution is -0.379. The fourth-order valence-corrected chi connectivity index (χ4v) is 4.93. The van der Waals surface area contributed by atoms with Crippen LogP contribution in [0.1, 0.15) is 5.56 Å². The Bertz CT molecular complexity index is 920. The number of hydrogen-bond acceptors (Lipinski definition) is 16. The highest BCUT2D eigenvalue weighted by molar-refractivity contribution is 5.13. The monoisotopic (exact) mass is 594 g/mol. The van der Waals surface area contributed by atoms with E-state index in [0.29, 0.717) is 0 Å². The SMILES string of the molecule is OC[C@H]1O[C@H](O[C@@H]2[C@H](O)[C@@H](O)[C@H](O[C@H]3[C@H](O)[C@@H](O)[C@H](OCc4ccccc4)O[C@@H]3CO)O[C@@H]2CO)[C@H](O)[C@@H](O)[C@H]1O. The maximum Gasteiger partial charge on any atom is 0.187 e. The fraction of sp³-hybridized carbons (Fsp3) is 0.760. The molecule has 0 unspecified atom stereocenters. The van der Waals surface area contributed by atoms with Crippen molar-refractivity contribution >= 4 is 0 Å². The molecule has 3 saturated heterocycles. The molecule has 3 aliphatic rings. The van der Waals surface area contributed by atoms with E-state index < -0.39 is 112 Å². The Hall–Kier alpha value is -1.42. The smallest absolute Gasteiger partial charge is 0.187 e. The van der Waals surface area contributed by atoms with Crippen molar-refractivity contribution in [2.24, 2.45) is 0 Å². The molecule has 0 bridgehead atoms. The van der Waals surface area contributed by atoms with Crippen LogP contribution in [0.25, 0.3) is 0 Å². The molecule has 3 heterocycles. The zero-order chi connectivity index (χ0) is 29.8. The van der Waals surface area contributed by atoms with E-state index >= 15 is 0 Å². The standard InChI is InChI=1S/C25H38O16/c26-6-11-14(29)15(30)18(33)24(37-11)40-22-13(8-28)39-25(20(35)17(22)32)41-21-12(7-27)38-23(19(34)16(21)31)36-9-10-4-2-1-3-5-10/h1-5,11-35H,6-9H2/t11-,12-,13-,14+,15+,16-,17-,18-,19-,20-,21-,22+,23-,24-,25+/m1/s1. The lowest BCUT2D eigenvalue weighted by Crippen LogP contribution is -2.66. The summed E-state index contributed by atoms with van der Waals surface area (Å²) in [7, 11) is 0. The predicted molar refractivity (Wildman–Crippen MR) is 130 cm³/mol. The first-order valence-corrected chi connectivity index (χ1v) is 13.1. The van der Waals surface area contributed by atoms with Crippen LogP contribution in [-0.4, -0.2) is 163 Å². The molecule has 41 heavy (non-hydrogen) atoms. The maximum atomic E-state index is 10.8. The molecule has 1 aromatic carbocycles. The van der Waals surface area contributed by atoms with Crippen LogP contribution in [0.15, 0.2) is 30.3 Å². The normalized spacial score (nSPS) is 45.5. The molecule has 15 atom stereocenters. The number of aliphatic hydroxyl groups excluding tert-OH is 10. The molecule has 3 aliphatic heterocycles. The summed E-state index contributed by atoms with van der Waals surface area (Å²) in [6.07, 6.45) is -24.2. The highest BCUT2D eigenvalue weighted by atomic mass is 16.8. The minimum Gasteiger partial charge on any atom is -0.394 e. The molecule has 0 amide bonds. The van der Waals surface area contributed by atoms with Crippen molar-refractivity contribution in [1.29, 1.82) is 0 Å². The van der Waals surface area contributed by atoms with E-state index in [0.717, 1.165) is 5.56 Å². The van der Waals surface area contributed by atoms with Gasteiger partial charge in [0.25, 0.3) is 0 Å². The first-order valence-electron chi connectivity index (χ1n) is 13.1. The van der Waals surface area contributed by atoms with E-state index in [9.17, 15) is 51.1 Å². The third-order valence-corrected chi connectivity index (χ3v) is 7.33. The van der Waals surface area contributed by atoms with Gasteiger partial charge in [-0.25, -0.2) is 0 Å². The van der Waals surface area contributed by atoms with Gasteiger partial charge in [-0.1, -0.05) is 30.3 Å².